The zero-order chi connectivity index (χ0) is 21.3. The Bertz CT molecular complexity index is 1310. The standard InChI is InChI=1S/C21H18FN5O3/c1-13-7-8-15(22)11-16(13)24-18(28)12-27-21(29)26-10-9-23-20(19(26)25-27)30-17-6-4-3-5-14(17)2/h3-11H,12H2,1-2H3,(H,24,28). The van der Waals surface area contributed by atoms with Gasteiger partial charge >= 0.3 is 5.69 Å². The zero-order valence-corrected chi connectivity index (χ0v) is 16.3. The van der Waals surface area contributed by atoms with Crippen molar-refractivity contribution in [1.82, 2.24) is 19.2 Å². The fraction of sp³-hybridized carbons (Fsp3) is 0.143. The number of aromatic nitrogens is 4. The molecular formula is C21H18FN5O3. The SMILES string of the molecule is Cc1ccc(F)cc1NC(=O)Cn1nc2c(Oc3ccccc3C)nccn2c1=O. The molecule has 0 unspecified atom stereocenters. The average Bonchev–Trinajstić information content (AvgIpc) is 3.03. The number of hydrogen-bond donors (Lipinski definition) is 1. The van der Waals surface area contributed by atoms with E-state index >= 15 is 0 Å². The number of carbonyl (C=O) groups excluding carboxylic acids is 1. The summed E-state index contributed by atoms with van der Waals surface area (Å²) in [5, 5.41) is 6.80. The minimum atomic E-state index is -0.520. The van der Waals surface area contributed by atoms with Crippen LogP contribution in [0.5, 0.6) is 11.6 Å². The lowest BCUT2D eigenvalue weighted by Crippen LogP contribution is -2.28. The van der Waals surface area contributed by atoms with Crippen LogP contribution in [-0.2, 0) is 11.3 Å². The minimum absolute atomic E-state index is 0.143. The maximum Gasteiger partial charge on any atom is 0.351 e. The molecule has 1 amide bonds. The molecule has 0 aliphatic rings. The van der Waals surface area contributed by atoms with Gasteiger partial charge in [0, 0.05) is 18.1 Å². The van der Waals surface area contributed by atoms with E-state index in [1.165, 1.54) is 28.9 Å². The predicted octanol–water partition coefficient (Wildman–Crippen LogP) is 3.08. The van der Waals surface area contributed by atoms with Gasteiger partial charge in [-0.15, -0.1) is 5.10 Å². The number of rotatable bonds is 5. The van der Waals surface area contributed by atoms with Crippen LogP contribution in [0.4, 0.5) is 10.1 Å². The molecule has 0 atom stereocenters. The van der Waals surface area contributed by atoms with E-state index in [2.05, 4.69) is 15.4 Å². The number of nitrogens with zero attached hydrogens (tertiary/aromatic N) is 4. The van der Waals surface area contributed by atoms with Gasteiger partial charge in [-0.1, -0.05) is 24.3 Å². The van der Waals surface area contributed by atoms with Gasteiger partial charge in [0.1, 0.15) is 18.1 Å². The summed E-state index contributed by atoms with van der Waals surface area (Å²) in [5.41, 5.74) is 1.59. The number of ether oxygens (including phenoxy) is 1. The van der Waals surface area contributed by atoms with E-state index in [4.69, 9.17) is 4.74 Å². The maximum atomic E-state index is 13.4. The molecule has 0 aliphatic carbocycles. The number of para-hydroxylation sites is 1. The molecule has 4 rings (SSSR count). The molecular weight excluding hydrogens is 389 g/mol. The van der Waals surface area contributed by atoms with E-state index in [1.54, 1.807) is 19.1 Å². The quantitative estimate of drug-likeness (QED) is 0.549. The fourth-order valence-corrected chi connectivity index (χ4v) is 2.93. The second-order valence-electron chi connectivity index (χ2n) is 6.74. The fourth-order valence-electron chi connectivity index (χ4n) is 2.93. The minimum Gasteiger partial charge on any atom is -0.436 e. The van der Waals surface area contributed by atoms with Gasteiger partial charge < -0.3 is 10.1 Å². The topological polar surface area (TPSA) is 90.5 Å². The first-order valence-electron chi connectivity index (χ1n) is 9.16. The first-order valence-corrected chi connectivity index (χ1v) is 9.16. The lowest BCUT2D eigenvalue weighted by molar-refractivity contribution is -0.117. The van der Waals surface area contributed by atoms with E-state index in [9.17, 15) is 14.0 Å². The van der Waals surface area contributed by atoms with Crippen LogP contribution in [0, 0.1) is 19.7 Å². The first-order chi connectivity index (χ1) is 14.4. The van der Waals surface area contributed by atoms with Crippen molar-refractivity contribution in [3.8, 4) is 11.6 Å². The van der Waals surface area contributed by atoms with Crippen LogP contribution in [0.25, 0.3) is 5.65 Å². The van der Waals surface area contributed by atoms with E-state index < -0.39 is 17.4 Å². The largest absolute Gasteiger partial charge is 0.436 e. The van der Waals surface area contributed by atoms with E-state index in [0.29, 0.717) is 17.0 Å². The molecule has 2 heterocycles. The number of benzene rings is 2. The maximum absolute atomic E-state index is 13.4. The summed E-state index contributed by atoms with van der Waals surface area (Å²) in [6, 6.07) is 11.5. The van der Waals surface area contributed by atoms with Crippen molar-refractivity contribution in [2.75, 3.05) is 5.32 Å². The number of anilines is 1. The summed E-state index contributed by atoms with van der Waals surface area (Å²) in [5.74, 6) is -0.253. The summed E-state index contributed by atoms with van der Waals surface area (Å²) in [7, 11) is 0. The third kappa shape index (κ3) is 3.77. The number of fused-ring (bicyclic) bond motifs is 1. The molecule has 152 valence electrons. The van der Waals surface area contributed by atoms with Crippen molar-refractivity contribution in [1.29, 1.82) is 0 Å². The number of aryl methyl sites for hydroxylation is 2. The van der Waals surface area contributed by atoms with Crippen molar-refractivity contribution in [2.45, 2.75) is 20.4 Å². The Balaban J connectivity index is 1.62. The Morgan fingerprint density at radius 2 is 1.97 bits per heavy atom. The molecule has 0 saturated carbocycles. The zero-order valence-electron chi connectivity index (χ0n) is 16.3. The van der Waals surface area contributed by atoms with Crippen molar-refractivity contribution < 1.29 is 13.9 Å². The van der Waals surface area contributed by atoms with Gasteiger partial charge in [0.15, 0.2) is 0 Å². The number of nitrogens with one attached hydrogen (secondary N) is 1. The third-order valence-electron chi connectivity index (χ3n) is 4.54. The van der Waals surface area contributed by atoms with Crippen LogP contribution in [0.15, 0.2) is 59.7 Å². The number of carbonyl (C=O) groups is 1. The van der Waals surface area contributed by atoms with Crippen LogP contribution in [0.1, 0.15) is 11.1 Å². The molecule has 0 fully saturated rings. The molecule has 0 saturated heterocycles. The van der Waals surface area contributed by atoms with Crippen molar-refractivity contribution >= 4 is 17.2 Å². The normalized spacial score (nSPS) is 10.9. The third-order valence-corrected chi connectivity index (χ3v) is 4.54. The van der Waals surface area contributed by atoms with Gasteiger partial charge in [-0.3, -0.25) is 4.79 Å². The van der Waals surface area contributed by atoms with Crippen LogP contribution in [-0.4, -0.2) is 25.1 Å². The monoisotopic (exact) mass is 407 g/mol. The molecule has 1 N–H and O–H groups in total. The average molecular weight is 407 g/mol. The van der Waals surface area contributed by atoms with Gasteiger partial charge in [0.2, 0.25) is 11.6 Å². The lowest BCUT2D eigenvalue weighted by atomic mass is 10.2. The van der Waals surface area contributed by atoms with Crippen molar-refractivity contribution in [3.05, 3.63) is 82.3 Å². The first kappa shape index (κ1) is 19.3. The van der Waals surface area contributed by atoms with Crippen LogP contribution < -0.4 is 15.7 Å². The molecule has 9 heteroatoms. The molecule has 0 spiro atoms. The molecule has 4 aromatic rings. The number of hydrogen-bond acceptors (Lipinski definition) is 5. The van der Waals surface area contributed by atoms with Crippen LogP contribution in [0.2, 0.25) is 0 Å². The summed E-state index contributed by atoms with van der Waals surface area (Å²) < 4.78 is 21.5. The smallest absolute Gasteiger partial charge is 0.351 e. The second kappa shape index (κ2) is 7.78. The van der Waals surface area contributed by atoms with Crippen molar-refractivity contribution in [2.24, 2.45) is 0 Å². The van der Waals surface area contributed by atoms with Gasteiger partial charge in [-0.2, -0.15) is 0 Å². The van der Waals surface area contributed by atoms with Gasteiger partial charge in [0.25, 0.3) is 5.88 Å². The highest BCUT2D eigenvalue weighted by Crippen LogP contribution is 2.25. The van der Waals surface area contributed by atoms with E-state index in [-0.39, 0.29) is 18.1 Å². The van der Waals surface area contributed by atoms with E-state index in [1.807, 2.05) is 25.1 Å². The highest BCUT2D eigenvalue weighted by Gasteiger charge is 2.16. The van der Waals surface area contributed by atoms with Crippen LogP contribution in [0.3, 0.4) is 0 Å². The number of halogens is 1. The summed E-state index contributed by atoms with van der Waals surface area (Å²) >= 11 is 0. The summed E-state index contributed by atoms with van der Waals surface area (Å²) in [6.45, 7) is 3.28. The predicted molar refractivity (Wildman–Crippen MR) is 108 cm³/mol. The van der Waals surface area contributed by atoms with E-state index in [0.717, 1.165) is 10.2 Å². The number of amides is 1. The van der Waals surface area contributed by atoms with Gasteiger partial charge in [0.05, 0.1) is 0 Å². The molecule has 0 radical (unpaired) electrons. The van der Waals surface area contributed by atoms with Crippen molar-refractivity contribution in [3.63, 3.8) is 0 Å². The molecule has 2 aromatic carbocycles. The second-order valence-corrected chi connectivity index (χ2v) is 6.74. The highest BCUT2D eigenvalue weighted by atomic mass is 19.1. The molecule has 30 heavy (non-hydrogen) atoms. The summed E-state index contributed by atoms with van der Waals surface area (Å²) in [4.78, 5) is 29.2. The lowest BCUT2D eigenvalue weighted by Gasteiger charge is -2.08. The Morgan fingerprint density at radius 3 is 2.77 bits per heavy atom. The van der Waals surface area contributed by atoms with Crippen LogP contribution >= 0.6 is 0 Å². The Morgan fingerprint density at radius 1 is 1.17 bits per heavy atom. The molecule has 8 nitrogen and oxygen atoms in total. The Kier molecular flexibility index (Phi) is 5.01. The van der Waals surface area contributed by atoms with Gasteiger partial charge in [-0.25, -0.2) is 23.3 Å². The molecule has 0 bridgehead atoms. The summed E-state index contributed by atoms with van der Waals surface area (Å²) in [6.07, 6.45) is 2.87. The molecule has 0 aliphatic heterocycles. The van der Waals surface area contributed by atoms with Gasteiger partial charge in [-0.05, 0) is 43.2 Å². The Labute approximate surface area is 170 Å². The molecule has 2 aromatic heterocycles. The highest BCUT2D eigenvalue weighted by molar-refractivity contribution is 5.91. The Hall–Kier alpha value is -4.01.